The summed E-state index contributed by atoms with van der Waals surface area (Å²) in [5, 5.41) is 8.88. The highest BCUT2D eigenvalue weighted by molar-refractivity contribution is 7.89. The summed E-state index contributed by atoms with van der Waals surface area (Å²) in [6, 6.07) is 11.7. The molecule has 5 aliphatic heterocycles. The predicted octanol–water partition coefficient (Wildman–Crippen LogP) is 4.99. The molecule has 0 aliphatic carbocycles. The molecule has 4 aromatic rings. The van der Waals surface area contributed by atoms with E-state index in [9.17, 15) is 49.1 Å². The van der Waals surface area contributed by atoms with Gasteiger partial charge < -0.3 is 20.0 Å². The van der Waals surface area contributed by atoms with Gasteiger partial charge in [0.25, 0.3) is 5.91 Å². The summed E-state index contributed by atoms with van der Waals surface area (Å²) in [5.74, 6) is -0.586. The first-order valence-electron chi connectivity index (χ1n) is 22.3. The fraction of sp³-hybridized carbons (Fsp3) is 0.500. The highest BCUT2D eigenvalue weighted by atomic mass is 32.2. The number of nitrogens with one attached hydrogen (secondary N) is 2. The van der Waals surface area contributed by atoms with Crippen LogP contribution in [0.4, 0.5) is 43.7 Å². The second-order valence-electron chi connectivity index (χ2n) is 17.8. The quantitative estimate of drug-likeness (QED) is 0.153. The number of hydrogen-bond acceptors (Lipinski definition) is 12. The summed E-state index contributed by atoms with van der Waals surface area (Å²) in [6.45, 7) is 4.93. The Labute approximate surface area is 382 Å². The Hall–Kier alpha value is -5.81. The average molecular weight is 958 g/mol. The number of carbonyl (C=O) groups is 3. The molecule has 2 aromatic heterocycles. The van der Waals surface area contributed by atoms with Crippen LogP contribution in [0.25, 0.3) is 11.3 Å². The zero-order valence-corrected chi connectivity index (χ0v) is 37.1. The number of anilines is 3. The summed E-state index contributed by atoms with van der Waals surface area (Å²) < 4.78 is 110. The van der Waals surface area contributed by atoms with Crippen molar-refractivity contribution in [2.45, 2.75) is 80.9 Å². The van der Waals surface area contributed by atoms with E-state index >= 15 is 0 Å². The maximum absolute atomic E-state index is 13.9. The molecule has 1 atom stereocenters. The third-order valence-electron chi connectivity index (χ3n) is 13.3. The number of fused-ring (bicyclic) bond motifs is 1. The Morgan fingerprint density at radius 3 is 2.22 bits per heavy atom. The third kappa shape index (κ3) is 10.2. The van der Waals surface area contributed by atoms with Gasteiger partial charge in [0.15, 0.2) is 0 Å². The molecule has 5 aliphatic rings. The number of piperidine rings is 3. The molecule has 4 fully saturated rings. The number of halogens is 6. The van der Waals surface area contributed by atoms with Gasteiger partial charge in [-0.2, -0.15) is 35.7 Å². The van der Waals surface area contributed by atoms with Gasteiger partial charge >= 0.3 is 12.4 Å². The molecular formula is C44H49F6N11O5S. The van der Waals surface area contributed by atoms with Gasteiger partial charge in [-0.05, 0) is 80.0 Å². The zero-order valence-electron chi connectivity index (χ0n) is 36.3. The van der Waals surface area contributed by atoms with Gasteiger partial charge in [0.05, 0.1) is 16.8 Å². The van der Waals surface area contributed by atoms with Crippen LogP contribution in [0.1, 0.15) is 60.0 Å². The van der Waals surface area contributed by atoms with E-state index in [1.807, 2.05) is 18.2 Å². The number of carbonyl (C=O) groups excluding carboxylic acids is 3. The van der Waals surface area contributed by atoms with Crippen LogP contribution in [0.15, 0.2) is 66.0 Å². The second kappa shape index (κ2) is 18.4. The number of benzene rings is 2. The van der Waals surface area contributed by atoms with Gasteiger partial charge in [0.1, 0.15) is 18.2 Å². The van der Waals surface area contributed by atoms with Crippen LogP contribution in [0.5, 0.6) is 0 Å². The van der Waals surface area contributed by atoms with E-state index in [2.05, 4.69) is 46.5 Å². The molecule has 358 valence electrons. The van der Waals surface area contributed by atoms with E-state index in [0.717, 1.165) is 88.0 Å². The zero-order chi connectivity index (χ0) is 47.3. The Balaban J connectivity index is 0.741. The molecule has 9 rings (SSSR count). The van der Waals surface area contributed by atoms with Crippen LogP contribution in [-0.4, -0.2) is 137 Å². The van der Waals surface area contributed by atoms with Gasteiger partial charge in [0, 0.05) is 113 Å². The number of alkyl halides is 6. The van der Waals surface area contributed by atoms with E-state index < -0.39 is 58.2 Å². The number of hydrogen-bond donors (Lipinski definition) is 2. The average Bonchev–Trinajstić information content (AvgIpc) is 3.89. The van der Waals surface area contributed by atoms with E-state index in [-0.39, 0.29) is 47.7 Å². The van der Waals surface area contributed by atoms with Crippen molar-refractivity contribution in [3.63, 3.8) is 0 Å². The first kappa shape index (κ1) is 46.3. The van der Waals surface area contributed by atoms with Crippen molar-refractivity contribution in [3.05, 3.63) is 77.7 Å². The van der Waals surface area contributed by atoms with E-state index in [1.165, 1.54) is 4.31 Å². The van der Waals surface area contributed by atoms with Crippen molar-refractivity contribution < 1.29 is 49.1 Å². The molecule has 0 bridgehead atoms. The Bertz CT molecular complexity index is 2620. The molecule has 0 spiro atoms. The van der Waals surface area contributed by atoms with Gasteiger partial charge in [-0.1, -0.05) is 6.07 Å². The van der Waals surface area contributed by atoms with Gasteiger partial charge in [-0.3, -0.25) is 29.3 Å². The molecule has 3 amide bonds. The molecule has 1 unspecified atom stereocenters. The number of imide groups is 1. The molecule has 2 N–H and O–H groups in total. The summed E-state index contributed by atoms with van der Waals surface area (Å²) in [5.41, 5.74) is 1.22. The molecule has 7 heterocycles. The minimum absolute atomic E-state index is 0.124. The number of piperazine rings is 1. The molecule has 0 radical (unpaired) electrons. The van der Waals surface area contributed by atoms with Gasteiger partial charge in [-0.15, -0.1) is 0 Å². The number of sulfonamides is 1. The second-order valence-corrected chi connectivity index (χ2v) is 19.7. The molecule has 0 saturated carbocycles. The number of nitrogens with zero attached hydrogens (tertiary/aromatic N) is 9. The van der Waals surface area contributed by atoms with Crippen molar-refractivity contribution in [2.24, 2.45) is 5.92 Å². The summed E-state index contributed by atoms with van der Waals surface area (Å²) in [6.07, 6.45) is -4.08. The van der Waals surface area contributed by atoms with Crippen molar-refractivity contribution in [3.8, 4) is 11.3 Å². The molecular weight excluding hydrogens is 909 g/mol. The summed E-state index contributed by atoms with van der Waals surface area (Å²) >= 11 is 0. The van der Waals surface area contributed by atoms with Crippen molar-refractivity contribution in [2.75, 3.05) is 74.0 Å². The first-order chi connectivity index (χ1) is 31.9. The van der Waals surface area contributed by atoms with Crippen LogP contribution >= 0.6 is 0 Å². The predicted molar refractivity (Wildman–Crippen MR) is 232 cm³/mol. The lowest BCUT2D eigenvalue weighted by Gasteiger charge is -2.40. The smallest absolute Gasteiger partial charge is 0.372 e. The minimum atomic E-state index is -4.89. The molecule has 67 heavy (non-hydrogen) atoms. The lowest BCUT2D eigenvalue weighted by molar-refractivity contribution is -0.143. The largest absolute Gasteiger partial charge is 0.419 e. The Morgan fingerprint density at radius 1 is 0.806 bits per heavy atom. The highest BCUT2D eigenvalue weighted by Gasteiger charge is 2.40. The molecule has 23 heteroatoms. The number of rotatable bonds is 11. The molecule has 16 nitrogen and oxygen atoms in total. The van der Waals surface area contributed by atoms with E-state index in [1.54, 1.807) is 23.1 Å². The van der Waals surface area contributed by atoms with Crippen molar-refractivity contribution in [1.82, 2.24) is 39.2 Å². The third-order valence-corrected chi connectivity index (χ3v) is 15.2. The number of aromatic nitrogens is 4. The lowest BCUT2D eigenvalue weighted by atomic mass is 9.95. The highest BCUT2D eigenvalue weighted by Crippen LogP contribution is 2.37. The fourth-order valence-electron chi connectivity index (χ4n) is 9.73. The maximum Gasteiger partial charge on any atom is 0.419 e. The van der Waals surface area contributed by atoms with E-state index in [4.69, 9.17) is 0 Å². The maximum atomic E-state index is 13.9. The monoisotopic (exact) mass is 957 g/mol. The van der Waals surface area contributed by atoms with E-state index in [0.29, 0.717) is 48.2 Å². The van der Waals surface area contributed by atoms with Gasteiger partial charge in [-0.25, -0.2) is 18.4 Å². The fourth-order valence-corrected chi connectivity index (χ4v) is 11.2. The molecule has 4 saturated heterocycles. The van der Waals surface area contributed by atoms with Crippen LogP contribution in [0.2, 0.25) is 0 Å². The Morgan fingerprint density at radius 2 is 1.52 bits per heavy atom. The summed E-state index contributed by atoms with van der Waals surface area (Å²) in [7, 11) is -3.89. The summed E-state index contributed by atoms with van der Waals surface area (Å²) in [4.78, 5) is 53.8. The molecule has 2 aromatic carbocycles. The van der Waals surface area contributed by atoms with Crippen molar-refractivity contribution >= 4 is 45.1 Å². The SMILES string of the molecule is O=C1CCC(N2Cc3cc(N4CCC(CN5CCN(c6cccc(S(=O)(=O)N7CCC(Nc8ncc(C(F)(F)F)c(-c9cnn(CC(F)(F)F)c9)n8)CC7)c6)CC5)CC4)ccc3C2=O)C(=O)N1. The Kier molecular flexibility index (Phi) is 12.7. The topological polar surface area (TPSA) is 169 Å². The van der Waals surface area contributed by atoms with Crippen molar-refractivity contribution in [1.29, 1.82) is 0 Å². The van der Waals surface area contributed by atoms with Crippen LogP contribution < -0.4 is 20.4 Å². The first-order valence-corrected chi connectivity index (χ1v) is 23.7. The van der Waals surface area contributed by atoms with Crippen LogP contribution in [0.3, 0.4) is 0 Å². The number of amides is 3. The van der Waals surface area contributed by atoms with Crippen LogP contribution in [0, 0.1) is 5.92 Å². The standard InChI is InChI=1S/C44H49F6N11O5S/c45-43(46,47)27-59-25-30(22-52-59)39-36(44(48,49)50)23-51-42(55-39)53-31-10-14-60(15-11-31)67(65,66)34-3-1-2-32(21-34)58-18-16-56(17-19-58)24-28-8-12-57(13-9-28)33-4-5-35-29(20-33)26-61(41(35)64)37-6-7-38(62)54-40(37)63/h1-5,20-23,25,28,31,37H,6-19,24,26-27H2,(H,51,53,55)(H,54,62,63). The normalized spacial score (nSPS) is 21.0. The van der Waals surface area contributed by atoms with Crippen LogP contribution in [-0.2, 0) is 38.9 Å². The van der Waals surface area contributed by atoms with Gasteiger partial charge in [0.2, 0.25) is 27.8 Å². The minimum Gasteiger partial charge on any atom is -0.372 e. The lowest BCUT2D eigenvalue weighted by Crippen LogP contribution is -2.52.